The molecule has 0 amide bonds. The second-order valence-corrected chi connectivity index (χ2v) is 2.78. The summed E-state index contributed by atoms with van der Waals surface area (Å²) < 4.78 is 4.89. The summed E-state index contributed by atoms with van der Waals surface area (Å²) in [5, 5.41) is 17.2. The number of carboxylic acid groups (broad SMARTS) is 1. The van der Waals surface area contributed by atoms with E-state index in [0.29, 0.717) is 6.42 Å². The van der Waals surface area contributed by atoms with Crippen LogP contribution in [0, 0.1) is 11.3 Å². The third-order valence-electron chi connectivity index (χ3n) is 2.21. The van der Waals surface area contributed by atoms with Gasteiger partial charge in [0.2, 0.25) is 0 Å². The van der Waals surface area contributed by atoms with Gasteiger partial charge in [-0.2, -0.15) is 5.26 Å². The quantitative estimate of drug-likeness (QED) is 0.590. The van der Waals surface area contributed by atoms with Crippen molar-refractivity contribution in [1.82, 2.24) is 0 Å². The van der Waals surface area contributed by atoms with E-state index in [1.807, 2.05) is 0 Å². The average Bonchev–Trinajstić information content (AvgIpc) is 2.59. The van der Waals surface area contributed by atoms with E-state index >= 15 is 0 Å². The fourth-order valence-electron chi connectivity index (χ4n) is 1.09. The molecule has 1 aliphatic heterocycles. The monoisotopic (exact) mass is 155 g/mol. The van der Waals surface area contributed by atoms with Crippen molar-refractivity contribution < 1.29 is 14.6 Å². The first-order valence-electron chi connectivity index (χ1n) is 3.37. The number of ether oxygens (including phenoxy) is 1. The van der Waals surface area contributed by atoms with E-state index in [0.717, 1.165) is 0 Å². The van der Waals surface area contributed by atoms with Crippen molar-refractivity contribution in [2.45, 2.75) is 31.5 Å². The Balaban J connectivity index is 2.90. The van der Waals surface area contributed by atoms with Crippen LogP contribution in [0.4, 0.5) is 0 Å². The molecule has 1 aliphatic rings. The van der Waals surface area contributed by atoms with Crippen LogP contribution in [0.5, 0.6) is 0 Å². The van der Waals surface area contributed by atoms with Crippen LogP contribution in [0.3, 0.4) is 0 Å². The highest BCUT2D eigenvalue weighted by Crippen LogP contribution is 2.49. The lowest BCUT2D eigenvalue weighted by Crippen LogP contribution is -2.30. The van der Waals surface area contributed by atoms with E-state index < -0.39 is 17.2 Å². The molecule has 0 aromatic rings. The molecule has 1 rings (SSSR count). The zero-order chi connectivity index (χ0) is 8.70. The van der Waals surface area contributed by atoms with Gasteiger partial charge in [-0.15, -0.1) is 0 Å². The van der Waals surface area contributed by atoms with Gasteiger partial charge >= 0.3 is 5.97 Å². The molecule has 2 atom stereocenters. The van der Waals surface area contributed by atoms with Gasteiger partial charge in [-0.05, 0) is 13.3 Å². The van der Waals surface area contributed by atoms with Gasteiger partial charge in [0.1, 0.15) is 11.7 Å². The highest BCUT2D eigenvalue weighted by Gasteiger charge is 2.72. The summed E-state index contributed by atoms with van der Waals surface area (Å²) >= 11 is 0. The van der Waals surface area contributed by atoms with Gasteiger partial charge in [0.25, 0.3) is 5.60 Å². The Morgan fingerprint density at radius 1 is 1.82 bits per heavy atom. The molecule has 1 saturated heterocycles. The number of hydrogen-bond acceptors (Lipinski definition) is 3. The fourth-order valence-corrected chi connectivity index (χ4v) is 1.09. The van der Waals surface area contributed by atoms with E-state index in [9.17, 15) is 4.79 Å². The smallest absolute Gasteiger partial charge is 0.354 e. The maximum atomic E-state index is 10.5. The molecule has 1 heterocycles. The highest BCUT2D eigenvalue weighted by molar-refractivity contribution is 5.86. The summed E-state index contributed by atoms with van der Waals surface area (Å²) in [4.78, 5) is 10.5. The molecule has 11 heavy (non-hydrogen) atoms. The Kier molecular flexibility index (Phi) is 1.43. The van der Waals surface area contributed by atoms with Crippen molar-refractivity contribution in [2.75, 3.05) is 0 Å². The van der Waals surface area contributed by atoms with Crippen LogP contribution in [0.1, 0.15) is 20.3 Å². The van der Waals surface area contributed by atoms with Gasteiger partial charge in [0.15, 0.2) is 0 Å². The summed E-state index contributed by atoms with van der Waals surface area (Å²) in [6.07, 6.45) is 0.535. The van der Waals surface area contributed by atoms with Crippen LogP contribution in [0.15, 0.2) is 0 Å². The van der Waals surface area contributed by atoms with Gasteiger partial charge < -0.3 is 9.84 Å². The molecule has 4 heteroatoms. The Morgan fingerprint density at radius 2 is 2.36 bits per heavy atom. The Bertz CT molecular complexity index is 245. The maximum Gasteiger partial charge on any atom is 0.354 e. The Hall–Kier alpha value is -1.08. The minimum atomic E-state index is -1.58. The largest absolute Gasteiger partial charge is 0.478 e. The summed E-state index contributed by atoms with van der Waals surface area (Å²) in [6.45, 7) is 3.42. The van der Waals surface area contributed by atoms with Crippen LogP contribution in [-0.2, 0) is 9.53 Å². The summed E-state index contributed by atoms with van der Waals surface area (Å²) in [5.74, 6) is -1.19. The number of rotatable bonds is 2. The molecular formula is C7H9NO3. The van der Waals surface area contributed by atoms with Crippen molar-refractivity contribution in [1.29, 1.82) is 5.26 Å². The lowest BCUT2D eigenvalue weighted by molar-refractivity contribution is -0.141. The SMILES string of the molecule is CCC1(C)OC1(C#N)C(=O)O. The average molecular weight is 155 g/mol. The molecule has 60 valence electrons. The molecule has 1 N–H and O–H groups in total. The molecule has 0 spiro atoms. The van der Waals surface area contributed by atoms with Crippen LogP contribution >= 0.6 is 0 Å². The maximum absolute atomic E-state index is 10.5. The number of carboxylic acids is 1. The fraction of sp³-hybridized carbons (Fsp3) is 0.714. The molecule has 0 aromatic carbocycles. The summed E-state index contributed by atoms with van der Waals surface area (Å²) in [5.41, 5.74) is -2.37. The van der Waals surface area contributed by atoms with Crippen LogP contribution < -0.4 is 0 Å². The predicted octanol–water partition coefficient (Wildman–Crippen LogP) is 0.532. The highest BCUT2D eigenvalue weighted by atomic mass is 16.6. The third-order valence-corrected chi connectivity index (χ3v) is 2.21. The Labute approximate surface area is 64.4 Å². The minimum absolute atomic E-state index is 0.535. The van der Waals surface area contributed by atoms with Gasteiger partial charge in [0, 0.05) is 0 Å². The topological polar surface area (TPSA) is 73.6 Å². The number of carbonyl (C=O) groups is 1. The number of epoxide rings is 1. The van der Waals surface area contributed by atoms with Crippen molar-refractivity contribution in [3.05, 3.63) is 0 Å². The van der Waals surface area contributed by atoms with E-state index in [-0.39, 0.29) is 0 Å². The van der Waals surface area contributed by atoms with Gasteiger partial charge in [0.05, 0.1) is 0 Å². The molecule has 0 bridgehead atoms. The second-order valence-electron chi connectivity index (χ2n) is 2.78. The van der Waals surface area contributed by atoms with Crippen molar-refractivity contribution in [2.24, 2.45) is 0 Å². The lowest BCUT2D eigenvalue weighted by atomic mass is 9.93. The molecule has 0 aromatic heterocycles. The zero-order valence-electron chi connectivity index (χ0n) is 6.42. The number of aliphatic carboxylic acids is 1. The number of nitriles is 1. The molecular weight excluding hydrogens is 146 g/mol. The van der Waals surface area contributed by atoms with Gasteiger partial charge in [-0.25, -0.2) is 4.79 Å². The van der Waals surface area contributed by atoms with Gasteiger partial charge in [-0.1, -0.05) is 6.92 Å². The summed E-state index contributed by atoms with van der Waals surface area (Å²) in [7, 11) is 0. The molecule has 2 unspecified atom stereocenters. The third kappa shape index (κ3) is 0.747. The lowest BCUT2D eigenvalue weighted by Gasteiger charge is -2.01. The summed E-state index contributed by atoms with van der Waals surface area (Å²) in [6, 6.07) is 1.67. The number of nitrogens with zero attached hydrogens (tertiary/aromatic N) is 1. The molecule has 0 saturated carbocycles. The molecule has 0 aliphatic carbocycles. The standard InChI is InChI=1S/C7H9NO3/c1-3-6(2)7(4-8,11-6)5(9)10/h3H2,1-2H3,(H,9,10). The second kappa shape index (κ2) is 1.95. The van der Waals surface area contributed by atoms with E-state index in [1.165, 1.54) is 0 Å². The zero-order valence-corrected chi connectivity index (χ0v) is 6.42. The van der Waals surface area contributed by atoms with E-state index in [4.69, 9.17) is 15.1 Å². The molecule has 1 fully saturated rings. The normalized spacial score (nSPS) is 41.2. The van der Waals surface area contributed by atoms with E-state index in [1.54, 1.807) is 19.9 Å². The van der Waals surface area contributed by atoms with Crippen LogP contribution in [0.2, 0.25) is 0 Å². The van der Waals surface area contributed by atoms with Crippen molar-refractivity contribution >= 4 is 5.97 Å². The first-order chi connectivity index (χ1) is 5.02. The first kappa shape index (κ1) is 8.02. The van der Waals surface area contributed by atoms with Gasteiger partial charge in [-0.3, -0.25) is 0 Å². The molecule has 0 radical (unpaired) electrons. The van der Waals surface area contributed by atoms with Crippen molar-refractivity contribution in [3.63, 3.8) is 0 Å². The number of hydrogen-bond donors (Lipinski definition) is 1. The Morgan fingerprint density at radius 3 is 2.45 bits per heavy atom. The van der Waals surface area contributed by atoms with E-state index in [2.05, 4.69) is 0 Å². The van der Waals surface area contributed by atoms with Crippen LogP contribution in [0.25, 0.3) is 0 Å². The minimum Gasteiger partial charge on any atom is -0.478 e. The molecule has 4 nitrogen and oxygen atoms in total. The predicted molar refractivity (Wildman–Crippen MR) is 35.8 cm³/mol. The first-order valence-corrected chi connectivity index (χ1v) is 3.37. The van der Waals surface area contributed by atoms with Crippen LogP contribution in [-0.4, -0.2) is 22.3 Å². The van der Waals surface area contributed by atoms with Crippen molar-refractivity contribution in [3.8, 4) is 6.07 Å².